The molecule has 5 rings (SSSR count). The van der Waals surface area contributed by atoms with E-state index in [2.05, 4.69) is 29.4 Å². The summed E-state index contributed by atoms with van der Waals surface area (Å²) in [7, 11) is 0. The standard InChI is InChI=1S/C23H24N2O3/c26-21-12-6-13-25(21)14-7-15-27-24-22-18-10-4-5-11-20(18)28-23(16-19(22)23)17-8-2-1-3-9-17/h1-5,8-11,19H,6-7,12-16H2. The van der Waals surface area contributed by atoms with Gasteiger partial charge in [0.1, 0.15) is 18.0 Å². The summed E-state index contributed by atoms with van der Waals surface area (Å²) in [6.07, 6.45) is 3.37. The summed E-state index contributed by atoms with van der Waals surface area (Å²) in [4.78, 5) is 19.3. The molecule has 2 aromatic rings. The molecule has 2 aliphatic heterocycles. The molecule has 1 aliphatic carbocycles. The molecule has 0 aromatic heterocycles. The first-order chi connectivity index (χ1) is 13.8. The first-order valence-electron chi connectivity index (χ1n) is 10.1. The maximum absolute atomic E-state index is 11.7. The summed E-state index contributed by atoms with van der Waals surface area (Å²) in [5, 5.41) is 4.53. The lowest BCUT2D eigenvalue weighted by molar-refractivity contribution is -0.127. The van der Waals surface area contributed by atoms with Gasteiger partial charge in [-0.15, -0.1) is 0 Å². The first-order valence-corrected chi connectivity index (χ1v) is 10.1. The smallest absolute Gasteiger partial charge is 0.222 e. The molecule has 2 fully saturated rings. The highest BCUT2D eigenvalue weighted by molar-refractivity contribution is 6.08. The number of nitrogens with zero attached hydrogens (tertiary/aromatic N) is 2. The third-order valence-corrected chi connectivity index (χ3v) is 5.96. The van der Waals surface area contributed by atoms with Gasteiger partial charge in [0.25, 0.3) is 0 Å². The van der Waals surface area contributed by atoms with Crippen LogP contribution in [-0.4, -0.2) is 36.2 Å². The van der Waals surface area contributed by atoms with Crippen molar-refractivity contribution in [2.75, 3.05) is 19.7 Å². The second-order valence-corrected chi connectivity index (χ2v) is 7.76. The van der Waals surface area contributed by atoms with E-state index < -0.39 is 0 Å². The molecule has 0 bridgehead atoms. The predicted octanol–water partition coefficient (Wildman–Crippen LogP) is 3.73. The van der Waals surface area contributed by atoms with E-state index in [0.717, 1.165) is 49.4 Å². The SMILES string of the molecule is O=C1CCCN1CCCON=C1c2ccccc2OC2(c3ccccc3)CC12. The minimum atomic E-state index is -0.320. The largest absolute Gasteiger partial charge is 0.481 e. The normalized spacial score (nSPS) is 26.6. The maximum Gasteiger partial charge on any atom is 0.222 e. The summed E-state index contributed by atoms with van der Waals surface area (Å²) >= 11 is 0. The Bertz CT molecular complexity index is 911. The van der Waals surface area contributed by atoms with Crippen molar-refractivity contribution in [1.82, 2.24) is 4.90 Å². The molecular formula is C23H24N2O3. The van der Waals surface area contributed by atoms with E-state index in [1.807, 2.05) is 35.2 Å². The van der Waals surface area contributed by atoms with E-state index in [1.165, 1.54) is 5.56 Å². The van der Waals surface area contributed by atoms with Crippen LogP contribution in [0.2, 0.25) is 0 Å². The number of oxime groups is 1. The quantitative estimate of drug-likeness (QED) is 0.570. The van der Waals surface area contributed by atoms with Gasteiger partial charge in [0, 0.05) is 37.9 Å². The van der Waals surface area contributed by atoms with Crippen LogP contribution in [0.3, 0.4) is 0 Å². The number of fused-ring (bicyclic) bond motifs is 2. The number of amides is 1. The minimum Gasteiger partial charge on any atom is -0.481 e. The second kappa shape index (κ2) is 6.97. The number of likely N-dealkylation sites (tertiary alicyclic amines) is 1. The van der Waals surface area contributed by atoms with Gasteiger partial charge in [-0.05, 0) is 24.1 Å². The van der Waals surface area contributed by atoms with Gasteiger partial charge in [-0.1, -0.05) is 47.6 Å². The average molecular weight is 376 g/mol. The van der Waals surface area contributed by atoms with Crippen LogP contribution in [0.15, 0.2) is 59.8 Å². The van der Waals surface area contributed by atoms with Crippen molar-refractivity contribution in [3.8, 4) is 5.75 Å². The number of ether oxygens (including phenoxy) is 1. The van der Waals surface area contributed by atoms with Crippen LogP contribution < -0.4 is 4.74 Å². The highest BCUT2D eigenvalue weighted by Gasteiger charge is 2.64. The maximum atomic E-state index is 11.7. The Morgan fingerprint density at radius 2 is 1.96 bits per heavy atom. The Morgan fingerprint density at radius 3 is 2.79 bits per heavy atom. The lowest BCUT2D eigenvalue weighted by Crippen LogP contribution is -2.28. The molecule has 144 valence electrons. The summed E-state index contributed by atoms with van der Waals surface area (Å²) in [6.45, 7) is 2.14. The van der Waals surface area contributed by atoms with Crippen LogP contribution in [-0.2, 0) is 15.2 Å². The Balaban J connectivity index is 1.31. The number of hydrogen-bond acceptors (Lipinski definition) is 4. The van der Waals surface area contributed by atoms with Gasteiger partial charge < -0.3 is 14.5 Å². The molecule has 0 N–H and O–H groups in total. The Kier molecular flexibility index (Phi) is 4.30. The van der Waals surface area contributed by atoms with E-state index in [4.69, 9.17) is 9.57 Å². The molecule has 0 radical (unpaired) electrons. The number of benzene rings is 2. The minimum absolute atomic E-state index is 0.213. The fraction of sp³-hybridized carbons (Fsp3) is 0.391. The Hall–Kier alpha value is -2.82. The Labute approximate surface area is 164 Å². The second-order valence-electron chi connectivity index (χ2n) is 7.76. The fourth-order valence-corrected chi connectivity index (χ4v) is 4.41. The van der Waals surface area contributed by atoms with E-state index in [-0.39, 0.29) is 17.4 Å². The zero-order valence-corrected chi connectivity index (χ0v) is 15.8. The molecule has 2 unspecified atom stereocenters. The van der Waals surface area contributed by atoms with E-state index in [9.17, 15) is 4.79 Å². The van der Waals surface area contributed by atoms with Crippen LogP contribution in [0, 0.1) is 5.92 Å². The van der Waals surface area contributed by atoms with Gasteiger partial charge in [-0.25, -0.2) is 0 Å². The molecule has 2 aromatic carbocycles. The van der Waals surface area contributed by atoms with E-state index in [1.54, 1.807) is 0 Å². The summed E-state index contributed by atoms with van der Waals surface area (Å²) in [5.74, 6) is 1.34. The monoisotopic (exact) mass is 376 g/mol. The van der Waals surface area contributed by atoms with Crippen LogP contribution >= 0.6 is 0 Å². The Morgan fingerprint density at radius 1 is 1.14 bits per heavy atom. The van der Waals surface area contributed by atoms with Crippen molar-refractivity contribution in [3.63, 3.8) is 0 Å². The van der Waals surface area contributed by atoms with Crippen LogP contribution in [0.1, 0.15) is 36.8 Å². The van der Waals surface area contributed by atoms with Gasteiger partial charge in [0.15, 0.2) is 0 Å². The average Bonchev–Trinajstić information content (AvgIpc) is 3.34. The van der Waals surface area contributed by atoms with Crippen LogP contribution in [0.25, 0.3) is 0 Å². The van der Waals surface area contributed by atoms with Crippen LogP contribution in [0.4, 0.5) is 0 Å². The van der Waals surface area contributed by atoms with Crippen molar-refractivity contribution in [2.45, 2.75) is 31.3 Å². The van der Waals surface area contributed by atoms with Gasteiger partial charge in [0.2, 0.25) is 5.91 Å². The van der Waals surface area contributed by atoms with E-state index >= 15 is 0 Å². The molecule has 1 saturated carbocycles. The molecule has 3 aliphatic rings. The number of carbonyl (C=O) groups is 1. The van der Waals surface area contributed by atoms with Crippen molar-refractivity contribution in [3.05, 3.63) is 65.7 Å². The summed E-state index contributed by atoms with van der Waals surface area (Å²) < 4.78 is 6.44. The third-order valence-electron chi connectivity index (χ3n) is 5.96. The molecule has 28 heavy (non-hydrogen) atoms. The summed E-state index contributed by atoms with van der Waals surface area (Å²) in [6, 6.07) is 18.4. The van der Waals surface area contributed by atoms with Gasteiger partial charge in [0.05, 0.1) is 11.6 Å². The molecule has 2 atom stereocenters. The van der Waals surface area contributed by atoms with Crippen LogP contribution in [0.5, 0.6) is 5.75 Å². The van der Waals surface area contributed by atoms with Gasteiger partial charge >= 0.3 is 0 Å². The molecule has 5 nitrogen and oxygen atoms in total. The number of carbonyl (C=O) groups excluding carboxylic acids is 1. The summed E-state index contributed by atoms with van der Waals surface area (Å²) in [5.41, 5.74) is 2.86. The molecular weight excluding hydrogens is 352 g/mol. The van der Waals surface area contributed by atoms with Crippen molar-refractivity contribution >= 4 is 11.6 Å². The number of para-hydroxylation sites is 1. The number of rotatable bonds is 6. The third kappa shape index (κ3) is 2.95. The molecule has 1 saturated heterocycles. The van der Waals surface area contributed by atoms with E-state index in [0.29, 0.717) is 13.0 Å². The molecule has 0 spiro atoms. The highest BCUT2D eigenvalue weighted by Crippen LogP contribution is 2.60. The van der Waals surface area contributed by atoms with Crippen molar-refractivity contribution < 1.29 is 14.4 Å². The zero-order chi connectivity index (χ0) is 19.0. The highest BCUT2D eigenvalue weighted by atomic mass is 16.6. The number of hydrogen-bond donors (Lipinski definition) is 0. The first kappa shape index (κ1) is 17.3. The molecule has 1 amide bonds. The van der Waals surface area contributed by atoms with Gasteiger partial charge in [-0.3, -0.25) is 4.79 Å². The lowest BCUT2D eigenvalue weighted by atomic mass is 9.96. The zero-order valence-electron chi connectivity index (χ0n) is 15.8. The molecule has 2 heterocycles. The topological polar surface area (TPSA) is 51.1 Å². The lowest BCUT2D eigenvalue weighted by Gasteiger charge is -2.27. The predicted molar refractivity (Wildman–Crippen MR) is 106 cm³/mol. The van der Waals surface area contributed by atoms with Crippen molar-refractivity contribution in [1.29, 1.82) is 0 Å². The fourth-order valence-electron chi connectivity index (χ4n) is 4.41. The van der Waals surface area contributed by atoms with Crippen molar-refractivity contribution in [2.24, 2.45) is 11.1 Å². The molecule has 5 heteroatoms. The van der Waals surface area contributed by atoms with Gasteiger partial charge in [-0.2, -0.15) is 0 Å².